The number of nitrogens with one attached hydrogen (secondary N) is 2. The smallest absolute Gasteiger partial charge is 0.0487 e. The number of rotatable bonds is 0. The van der Waals surface area contributed by atoms with E-state index in [1.165, 1.54) is 25.9 Å². The molecule has 2 N–H and O–H groups in total. The second-order valence-electron chi connectivity index (χ2n) is 2.22. The average molecular weight is 139 g/mol. The Morgan fingerprint density at radius 2 is 2.00 bits per heavy atom. The van der Waals surface area contributed by atoms with Crippen LogP contribution in [0.1, 0.15) is 12.8 Å². The first-order valence-corrected chi connectivity index (χ1v) is 3.64. The monoisotopic (exact) mass is 139 g/mol. The van der Waals surface area contributed by atoms with Gasteiger partial charge < -0.3 is 5.32 Å². The molecule has 0 atom stereocenters. The van der Waals surface area contributed by atoms with Crippen molar-refractivity contribution in [2.45, 2.75) is 12.8 Å². The normalized spacial score (nSPS) is 16.0. The summed E-state index contributed by atoms with van der Waals surface area (Å²) in [4.78, 5) is 0. The highest BCUT2D eigenvalue weighted by molar-refractivity contribution is 4.72. The van der Waals surface area contributed by atoms with E-state index in [4.69, 9.17) is 0 Å². The fourth-order valence-electron chi connectivity index (χ4n) is 0.840. The molecule has 1 fully saturated rings. The van der Waals surface area contributed by atoms with Gasteiger partial charge in [-0.05, 0) is 32.0 Å². The molecular formula is C7H13N3. The molecule has 56 valence electrons. The van der Waals surface area contributed by atoms with Crippen LogP contribution in [0.3, 0.4) is 0 Å². The van der Waals surface area contributed by atoms with E-state index in [1.807, 2.05) is 6.07 Å². The summed E-state index contributed by atoms with van der Waals surface area (Å²) in [5, 5.41) is 9.43. The predicted octanol–water partition coefficient (Wildman–Crippen LogP) is 0.779. The quantitative estimate of drug-likeness (QED) is 0.557. The molecular weight excluding hydrogens is 126 g/mol. The molecule has 0 aliphatic carbocycles. The average Bonchev–Trinajstić information content (AvgIpc) is 2.67. The minimum atomic E-state index is 1.25. The second kappa shape index (κ2) is 4.99. The minimum absolute atomic E-state index is 1.25. The Kier molecular flexibility index (Phi) is 3.64. The number of aromatic amines is 1. The number of aromatic nitrogens is 2. The van der Waals surface area contributed by atoms with Gasteiger partial charge in [0.25, 0.3) is 0 Å². The third kappa shape index (κ3) is 3.25. The molecule has 0 spiro atoms. The van der Waals surface area contributed by atoms with Crippen molar-refractivity contribution in [3.05, 3.63) is 18.5 Å². The maximum Gasteiger partial charge on any atom is 0.0487 e. The first kappa shape index (κ1) is 7.28. The molecule has 0 amide bonds. The summed E-state index contributed by atoms with van der Waals surface area (Å²) in [5.74, 6) is 0. The number of H-pyrrole nitrogens is 1. The van der Waals surface area contributed by atoms with E-state index in [1.54, 1.807) is 12.4 Å². The molecule has 2 rings (SSSR count). The van der Waals surface area contributed by atoms with E-state index >= 15 is 0 Å². The van der Waals surface area contributed by atoms with Crippen LogP contribution >= 0.6 is 0 Å². The Hall–Kier alpha value is -0.830. The van der Waals surface area contributed by atoms with Crippen LogP contribution in [0.4, 0.5) is 0 Å². The summed E-state index contributed by atoms with van der Waals surface area (Å²) >= 11 is 0. The van der Waals surface area contributed by atoms with Crippen molar-refractivity contribution in [1.29, 1.82) is 0 Å². The molecule has 1 aromatic rings. The summed E-state index contributed by atoms with van der Waals surface area (Å²) in [6.07, 6.45) is 6.24. The highest BCUT2D eigenvalue weighted by Crippen LogP contribution is 1.90. The van der Waals surface area contributed by atoms with Crippen molar-refractivity contribution in [2.75, 3.05) is 13.1 Å². The number of hydrogen-bond acceptors (Lipinski definition) is 2. The van der Waals surface area contributed by atoms with Gasteiger partial charge in [-0.1, -0.05) is 0 Å². The molecule has 3 nitrogen and oxygen atoms in total. The maximum absolute atomic E-state index is 3.60. The highest BCUT2D eigenvalue weighted by atomic mass is 15.1. The minimum Gasteiger partial charge on any atom is -0.317 e. The van der Waals surface area contributed by atoms with Gasteiger partial charge in [-0.15, -0.1) is 0 Å². The van der Waals surface area contributed by atoms with E-state index in [0.29, 0.717) is 0 Å². The lowest BCUT2D eigenvalue weighted by Crippen LogP contribution is -2.03. The SMILES string of the molecule is C1CCNC1.c1cn[nH]c1. The van der Waals surface area contributed by atoms with Crippen LogP contribution in [0.5, 0.6) is 0 Å². The van der Waals surface area contributed by atoms with Crippen LogP contribution in [0.2, 0.25) is 0 Å². The molecule has 3 heteroatoms. The van der Waals surface area contributed by atoms with Crippen molar-refractivity contribution in [3.8, 4) is 0 Å². The molecule has 1 aromatic heterocycles. The summed E-state index contributed by atoms with van der Waals surface area (Å²) in [6.45, 7) is 2.50. The second-order valence-corrected chi connectivity index (χ2v) is 2.22. The fraction of sp³-hybridized carbons (Fsp3) is 0.571. The maximum atomic E-state index is 3.60. The van der Waals surface area contributed by atoms with E-state index in [-0.39, 0.29) is 0 Å². The number of nitrogens with zero attached hydrogens (tertiary/aromatic N) is 1. The van der Waals surface area contributed by atoms with Crippen molar-refractivity contribution < 1.29 is 0 Å². The van der Waals surface area contributed by atoms with Crippen molar-refractivity contribution in [2.24, 2.45) is 0 Å². The van der Waals surface area contributed by atoms with Crippen LogP contribution in [-0.2, 0) is 0 Å². The van der Waals surface area contributed by atoms with Crippen LogP contribution in [0.25, 0.3) is 0 Å². The topological polar surface area (TPSA) is 40.7 Å². The molecule has 1 aliphatic heterocycles. The Bertz CT molecular complexity index is 108. The molecule has 10 heavy (non-hydrogen) atoms. The van der Waals surface area contributed by atoms with Crippen molar-refractivity contribution in [1.82, 2.24) is 15.5 Å². The van der Waals surface area contributed by atoms with Gasteiger partial charge >= 0.3 is 0 Å². The molecule has 2 heterocycles. The van der Waals surface area contributed by atoms with Gasteiger partial charge in [-0.3, -0.25) is 5.10 Å². The van der Waals surface area contributed by atoms with Gasteiger partial charge in [-0.2, -0.15) is 5.10 Å². The summed E-state index contributed by atoms with van der Waals surface area (Å²) in [6, 6.07) is 1.83. The Labute approximate surface area is 60.8 Å². The Morgan fingerprint density at radius 1 is 1.20 bits per heavy atom. The first-order valence-electron chi connectivity index (χ1n) is 3.64. The molecule has 0 radical (unpaired) electrons. The van der Waals surface area contributed by atoms with Crippen molar-refractivity contribution in [3.63, 3.8) is 0 Å². The Morgan fingerprint density at radius 3 is 2.20 bits per heavy atom. The largest absolute Gasteiger partial charge is 0.317 e. The molecule has 0 unspecified atom stereocenters. The van der Waals surface area contributed by atoms with E-state index in [2.05, 4.69) is 15.5 Å². The molecule has 1 aliphatic rings. The van der Waals surface area contributed by atoms with Crippen LogP contribution in [0.15, 0.2) is 18.5 Å². The first-order chi connectivity index (χ1) is 5.00. The summed E-state index contributed by atoms with van der Waals surface area (Å²) in [7, 11) is 0. The molecule has 0 saturated carbocycles. The highest BCUT2D eigenvalue weighted by Gasteiger charge is 1.93. The third-order valence-corrected chi connectivity index (χ3v) is 1.36. The van der Waals surface area contributed by atoms with E-state index in [0.717, 1.165) is 0 Å². The van der Waals surface area contributed by atoms with E-state index in [9.17, 15) is 0 Å². The summed E-state index contributed by atoms with van der Waals surface area (Å²) < 4.78 is 0. The molecule has 1 saturated heterocycles. The van der Waals surface area contributed by atoms with Gasteiger partial charge in [0.1, 0.15) is 0 Å². The zero-order valence-corrected chi connectivity index (χ0v) is 6.01. The fourth-order valence-corrected chi connectivity index (χ4v) is 0.840. The lowest BCUT2D eigenvalue weighted by atomic mass is 10.4. The number of hydrogen-bond donors (Lipinski definition) is 2. The lowest BCUT2D eigenvalue weighted by Gasteiger charge is -1.76. The standard InChI is InChI=1S/C4H9N.C3H4N2/c2*1-2-4-5-3-1/h5H,1-4H2;1-3H,(H,4,5). The molecule has 0 bridgehead atoms. The van der Waals surface area contributed by atoms with E-state index < -0.39 is 0 Å². The molecule has 0 aromatic carbocycles. The van der Waals surface area contributed by atoms with Gasteiger partial charge in [0.2, 0.25) is 0 Å². The van der Waals surface area contributed by atoms with Gasteiger partial charge in [0.15, 0.2) is 0 Å². The lowest BCUT2D eigenvalue weighted by molar-refractivity contribution is 0.857. The van der Waals surface area contributed by atoms with Gasteiger partial charge in [0.05, 0.1) is 0 Å². The van der Waals surface area contributed by atoms with Crippen LogP contribution < -0.4 is 5.32 Å². The van der Waals surface area contributed by atoms with Crippen molar-refractivity contribution >= 4 is 0 Å². The van der Waals surface area contributed by atoms with Gasteiger partial charge in [0, 0.05) is 12.4 Å². The summed E-state index contributed by atoms with van der Waals surface area (Å²) in [5.41, 5.74) is 0. The third-order valence-electron chi connectivity index (χ3n) is 1.36. The zero-order chi connectivity index (χ0) is 7.07. The predicted molar refractivity (Wildman–Crippen MR) is 40.7 cm³/mol. The van der Waals surface area contributed by atoms with Crippen LogP contribution in [-0.4, -0.2) is 23.3 Å². The Balaban J connectivity index is 0.0000001000. The zero-order valence-electron chi connectivity index (χ0n) is 6.01. The van der Waals surface area contributed by atoms with Gasteiger partial charge in [-0.25, -0.2) is 0 Å². The van der Waals surface area contributed by atoms with Crippen LogP contribution in [0, 0.1) is 0 Å².